The largest absolute Gasteiger partial charge is 0.466 e. The van der Waals surface area contributed by atoms with Crippen molar-refractivity contribution in [3.05, 3.63) is 35.0 Å². The van der Waals surface area contributed by atoms with Crippen molar-refractivity contribution in [2.24, 2.45) is 0 Å². The number of hydrogen-bond donors (Lipinski definition) is 2. The van der Waals surface area contributed by atoms with Gasteiger partial charge in [0.25, 0.3) is 5.91 Å². The molecule has 0 unspecified atom stereocenters. The Bertz CT molecular complexity index is 856. The molecule has 0 atom stereocenters. The first-order valence-electron chi connectivity index (χ1n) is 10.7. The Morgan fingerprint density at radius 2 is 1.87 bits per heavy atom. The van der Waals surface area contributed by atoms with Crippen LogP contribution in [0.1, 0.15) is 56.6 Å². The van der Waals surface area contributed by atoms with E-state index in [1.54, 1.807) is 6.92 Å². The van der Waals surface area contributed by atoms with Gasteiger partial charge in [-0.25, -0.2) is 0 Å². The predicted molar refractivity (Wildman–Crippen MR) is 116 cm³/mol. The number of benzene rings is 1. The van der Waals surface area contributed by atoms with E-state index in [9.17, 15) is 14.4 Å². The third-order valence-electron chi connectivity index (χ3n) is 5.67. The zero-order chi connectivity index (χ0) is 21.7. The lowest BCUT2D eigenvalue weighted by atomic mass is 9.95. The summed E-state index contributed by atoms with van der Waals surface area (Å²) in [7, 11) is 0. The molecule has 3 rings (SSSR count). The van der Waals surface area contributed by atoms with Gasteiger partial charge in [0, 0.05) is 17.8 Å². The van der Waals surface area contributed by atoms with E-state index in [0.29, 0.717) is 17.1 Å². The van der Waals surface area contributed by atoms with E-state index in [1.165, 1.54) is 17.4 Å². The van der Waals surface area contributed by atoms with Crippen molar-refractivity contribution in [1.29, 1.82) is 0 Å². The Morgan fingerprint density at radius 1 is 1.17 bits per heavy atom. The van der Waals surface area contributed by atoms with Crippen LogP contribution >= 0.6 is 0 Å². The number of rotatable bonds is 6. The lowest BCUT2D eigenvalue weighted by molar-refractivity contribution is -0.142. The first-order chi connectivity index (χ1) is 14.4. The second-order valence-electron chi connectivity index (χ2n) is 8.06. The number of aryl methyl sites for hydroxylation is 2. The summed E-state index contributed by atoms with van der Waals surface area (Å²) in [6.07, 6.45) is 6.78. The second kappa shape index (κ2) is 9.78. The number of carbonyl (C=O) groups excluding carboxylic acids is 3. The summed E-state index contributed by atoms with van der Waals surface area (Å²) in [5.41, 5.74) is 3.87. The molecule has 1 aliphatic carbocycles. The summed E-state index contributed by atoms with van der Waals surface area (Å²) >= 11 is 0. The highest BCUT2D eigenvalue weighted by Crippen LogP contribution is 2.33. The van der Waals surface area contributed by atoms with Crippen LogP contribution < -0.4 is 15.5 Å². The summed E-state index contributed by atoms with van der Waals surface area (Å²) < 4.78 is 5.02. The third kappa shape index (κ3) is 5.40. The monoisotopic (exact) mass is 413 g/mol. The summed E-state index contributed by atoms with van der Waals surface area (Å²) in [6, 6.07) is 4.03. The molecule has 30 heavy (non-hydrogen) atoms. The molecule has 1 saturated carbocycles. The van der Waals surface area contributed by atoms with Gasteiger partial charge >= 0.3 is 5.97 Å². The molecule has 1 aromatic carbocycles. The molecule has 7 nitrogen and oxygen atoms in total. The predicted octanol–water partition coefficient (Wildman–Crippen LogP) is 3.35. The van der Waals surface area contributed by atoms with Crippen LogP contribution in [0.4, 0.5) is 11.4 Å². The maximum atomic E-state index is 13.0. The van der Waals surface area contributed by atoms with Gasteiger partial charge in [-0.1, -0.05) is 19.3 Å². The Hall–Kier alpha value is -2.83. The number of hydrogen-bond acceptors (Lipinski definition) is 5. The SMILES string of the molecule is CCOC(=O)CC1=CC(=O)N(CC(=O)NC2CCCCC2)c2cc(C)c(C)cc2N1. The number of esters is 1. The molecule has 2 N–H and O–H groups in total. The maximum absolute atomic E-state index is 13.0. The molecule has 162 valence electrons. The molecule has 0 aromatic heterocycles. The maximum Gasteiger partial charge on any atom is 0.311 e. The van der Waals surface area contributed by atoms with Crippen LogP contribution in [0.3, 0.4) is 0 Å². The Labute approximate surface area is 177 Å². The number of carbonyl (C=O) groups is 3. The fourth-order valence-corrected chi connectivity index (χ4v) is 3.97. The van der Waals surface area contributed by atoms with Gasteiger partial charge in [0.15, 0.2) is 0 Å². The topological polar surface area (TPSA) is 87.7 Å². The summed E-state index contributed by atoms with van der Waals surface area (Å²) in [5, 5.41) is 6.27. The van der Waals surface area contributed by atoms with E-state index in [-0.39, 0.29) is 37.4 Å². The number of amides is 2. The summed E-state index contributed by atoms with van der Waals surface area (Å²) in [4.78, 5) is 39.2. The average molecular weight is 414 g/mol. The highest BCUT2D eigenvalue weighted by atomic mass is 16.5. The van der Waals surface area contributed by atoms with E-state index >= 15 is 0 Å². The minimum atomic E-state index is -0.405. The van der Waals surface area contributed by atoms with Gasteiger partial charge in [0.2, 0.25) is 5.91 Å². The normalized spacial score (nSPS) is 16.8. The molecule has 0 spiro atoms. The van der Waals surface area contributed by atoms with Crippen LogP contribution in [-0.2, 0) is 19.1 Å². The molecule has 2 amide bonds. The van der Waals surface area contributed by atoms with Crippen molar-refractivity contribution in [3.8, 4) is 0 Å². The van der Waals surface area contributed by atoms with Gasteiger partial charge in [0.1, 0.15) is 6.54 Å². The van der Waals surface area contributed by atoms with Gasteiger partial charge in [-0.3, -0.25) is 19.3 Å². The molecular formula is C23H31N3O4. The lowest BCUT2D eigenvalue weighted by Gasteiger charge is -2.26. The average Bonchev–Trinajstić information content (AvgIpc) is 2.80. The quantitative estimate of drug-likeness (QED) is 0.699. The third-order valence-corrected chi connectivity index (χ3v) is 5.67. The van der Waals surface area contributed by atoms with Crippen molar-refractivity contribution in [2.45, 2.75) is 65.3 Å². The molecule has 2 aliphatic rings. The minimum Gasteiger partial charge on any atom is -0.466 e. The van der Waals surface area contributed by atoms with Crippen LogP contribution in [0.15, 0.2) is 23.9 Å². The first kappa shape index (κ1) is 21.9. The molecular weight excluding hydrogens is 382 g/mol. The fourth-order valence-electron chi connectivity index (χ4n) is 3.97. The van der Waals surface area contributed by atoms with E-state index in [2.05, 4.69) is 10.6 Å². The van der Waals surface area contributed by atoms with Crippen molar-refractivity contribution < 1.29 is 19.1 Å². The number of ether oxygens (including phenoxy) is 1. The number of nitrogens with zero attached hydrogens (tertiary/aromatic N) is 1. The van der Waals surface area contributed by atoms with Crippen LogP contribution in [0, 0.1) is 13.8 Å². The number of nitrogens with one attached hydrogen (secondary N) is 2. The Balaban J connectivity index is 1.84. The van der Waals surface area contributed by atoms with Crippen LogP contribution in [0.2, 0.25) is 0 Å². The zero-order valence-electron chi connectivity index (χ0n) is 18.0. The van der Waals surface area contributed by atoms with Crippen molar-refractivity contribution in [1.82, 2.24) is 5.32 Å². The van der Waals surface area contributed by atoms with Gasteiger partial charge in [0.05, 0.1) is 24.4 Å². The second-order valence-corrected chi connectivity index (χ2v) is 8.06. The van der Waals surface area contributed by atoms with Crippen LogP contribution in [0.5, 0.6) is 0 Å². The van der Waals surface area contributed by atoms with Gasteiger partial charge < -0.3 is 15.4 Å². The van der Waals surface area contributed by atoms with Crippen LogP contribution in [-0.4, -0.2) is 37.0 Å². The Kier molecular flexibility index (Phi) is 7.13. The summed E-state index contributed by atoms with van der Waals surface area (Å²) in [5.74, 6) is -0.901. The number of fused-ring (bicyclic) bond motifs is 1. The van der Waals surface area contributed by atoms with Gasteiger partial charge in [-0.2, -0.15) is 0 Å². The molecule has 0 bridgehead atoms. The molecule has 1 aromatic rings. The van der Waals surface area contributed by atoms with Crippen molar-refractivity contribution in [2.75, 3.05) is 23.4 Å². The van der Waals surface area contributed by atoms with Crippen LogP contribution in [0.25, 0.3) is 0 Å². The molecule has 1 fully saturated rings. The van der Waals surface area contributed by atoms with Gasteiger partial charge in [-0.05, 0) is 56.9 Å². The molecule has 1 aliphatic heterocycles. The zero-order valence-corrected chi connectivity index (χ0v) is 18.0. The smallest absolute Gasteiger partial charge is 0.311 e. The number of anilines is 2. The van der Waals surface area contributed by atoms with E-state index in [0.717, 1.165) is 36.8 Å². The molecule has 7 heteroatoms. The van der Waals surface area contributed by atoms with E-state index < -0.39 is 5.97 Å². The lowest BCUT2D eigenvalue weighted by Crippen LogP contribution is -2.44. The molecule has 0 saturated heterocycles. The van der Waals surface area contributed by atoms with E-state index in [4.69, 9.17) is 4.74 Å². The standard InChI is InChI=1S/C23H31N3O4/c1-4-30-23(29)13-18-12-22(28)26(14-21(27)25-17-8-6-5-7-9-17)20-11-16(3)15(2)10-19(20)24-18/h10-12,17,24H,4-9,13-14H2,1-3H3,(H,25,27). The fraction of sp³-hybridized carbons (Fsp3) is 0.522. The first-order valence-corrected chi connectivity index (χ1v) is 10.7. The van der Waals surface area contributed by atoms with Crippen molar-refractivity contribution >= 4 is 29.2 Å². The molecule has 1 heterocycles. The van der Waals surface area contributed by atoms with Crippen molar-refractivity contribution in [3.63, 3.8) is 0 Å². The van der Waals surface area contributed by atoms with Gasteiger partial charge in [-0.15, -0.1) is 0 Å². The minimum absolute atomic E-state index is 0.0337. The highest BCUT2D eigenvalue weighted by Gasteiger charge is 2.27. The highest BCUT2D eigenvalue weighted by molar-refractivity contribution is 6.09. The Morgan fingerprint density at radius 3 is 2.57 bits per heavy atom. The molecule has 0 radical (unpaired) electrons. The summed E-state index contributed by atoms with van der Waals surface area (Å²) in [6.45, 7) is 5.92. The van der Waals surface area contributed by atoms with E-state index in [1.807, 2.05) is 26.0 Å².